The molecule has 0 radical (unpaired) electrons. The molecule has 0 aromatic heterocycles. The number of hydroxylamine groups is 1. The second-order valence-electron chi connectivity index (χ2n) is 5.56. The molecule has 1 N–H and O–H groups in total. The van der Waals surface area contributed by atoms with E-state index in [2.05, 4.69) is 17.6 Å². The van der Waals surface area contributed by atoms with Crippen LogP contribution >= 0.6 is 11.6 Å². The number of rotatable bonds is 4. The smallest absolute Gasteiger partial charge is 0.0790 e. The van der Waals surface area contributed by atoms with Crippen molar-refractivity contribution in [1.29, 1.82) is 0 Å². The van der Waals surface area contributed by atoms with Crippen LogP contribution < -0.4 is 5.48 Å². The van der Waals surface area contributed by atoms with Crippen LogP contribution in [-0.4, -0.2) is 12.1 Å². The fourth-order valence-electron chi connectivity index (χ4n) is 2.92. The molecular weight excluding hydrogens is 246 g/mol. The summed E-state index contributed by atoms with van der Waals surface area (Å²) >= 11 is 5.90. The molecule has 2 aliphatic carbocycles. The van der Waals surface area contributed by atoms with E-state index in [1.165, 1.54) is 44.1 Å². The molecule has 98 valence electrons. The van der Waals surface area contributed by atoms with Gasteiger partial charge in [0.2, 0.25) is 0 Å². The normalized spacial score (nSPS) is 28.3. The third-order valence-electron chi connectivity index (χ3n) is 4.18. The highest BCUT2D eigenvalue weighted by molar-refractivity contribution is 6.30. The van der Waals surface area contributed by atoms with Crippen LogP contribution in [0, 0.1) is 0 Å². The van der Waals surface area contributed by atoms with Gasteiger partial charge in [0.15, 0.2) is 0 Å². The first-order valence-corrected chi connectivity index (χ1v) is 7.35. The Kier molecular flexibility index (Phi) is 3.88. The Morgan fingerprint density at radius 2 is 1.72 bits per heavy atom. The number of hydrogen-bond donors (Lipinski definition) is 1. The predicted octanol–water partition coefficient (Wildman–Crippen LogP) is 4.05. The largest absolute Gasteiger partial charge is 0.298 e. The molecule has 1 aromatic carbocycles. The fraction of sp³-hybridized carbons (Fsp3) is 0.600. The molecule has 1 aromatic rings. The maximum atomic E-state index is 5.90. The molecule has 0 saturated heterocycles. The van der Waals surface area contributed by atoms with E-state index in [-0.39, 0.29) is 0 Å². The van der Waals surface area contributed by atoms with Crippen LogP contribution in [0.1, 0.15) is 50.0 Å². The zero-order valence-corrected chi connectivity index (χ0v) is 11.3. The van der Waals surface area contributed by atoms with E-state index in [4.69, 9.17) is 16.4 Å². The van der Waals surface area contributed by atoms with Gasteiger partial charge in [0.1, 0.15) is 0 Å². The summed E-state index contributed by atoms with van der Waals surface area (Å²) in [5, 5.41) is 0.817. The minimum atomic E-state index is 0.458. The minimum Gasteiger partial charge on any atom is -0.298 e. The molecular formula is C15H20ClNO. The van der Waals surface area contributed by atoms with Gasteiger partial charge in [-0.05, 0) is 49.3 Å². The lowest BCUT2D eigenvalue weighted by Gasteiger charge is -2.36. The Balaban J connectivity index is 1.41. The SMILES string of the molecule is Clc1ccc(C2CC(NOC3CCCC3)C2)cc1. The van der Waals surface area contributed by atoms with Crippen molar-refractivity contribution < 1.29 is 4.84 Å². The van der Waals surface area contributed by atoms with Crippen LogP contribution in [0.2, 0.25) is 5.02 Å². The van der Waals surface area contributed by atoms with Gasteiger partial charge in [-0.15, -0.1) is 0 Å². The van der Waals surface area contributed by atoms with Gasteiger partial charge in [-0.3, -0.25) is 4.84 Å². The molecule has 0 unspecified atom stereocenters. The van der Waals surface area contributed by atoms with Crippen molar-refractivity contribution in [2.24, 2.45) is 0 Å². The Hall–Kier alpha value is -0.570. The average Bonchev–Trinajstić information content (AvgIpc) is 2.82. The van der Waals surface area contributed by atoms with Crippen LogP contribution in [0.15, 0.2) is 24.3 Å². The molecule has 0 spiro atoms. The fourth-order valence-corrected chi connectivity index (χ4v) is 3.05. The zero-order chi connectivity index (χ0) is 12.4. The predicted molar refractivity (Wildman–Crippen MR) is 73.7 cm³/mol. The molecule has 2 nitrogen and oxygen atoms in total. The van der Waals surface area contributed by atoms with Gasteiger partial charge < -0.3 is 0 Å². The lowest BCUT2D eigenvalue weighted by molar-refractivity contribution is -0.0575. The Morgan fingerprint density at radius 3 is 2.39 bits per heavy atom. The molecule has 0 atom stereocenters. The summed E-state index contributed by atoms with van der Waals surface area (Å²) in [5.74, 6) is 0.673. The van der Waals surface area contributed by atoms with Crippen molar-refractivity contribution in [3.63, 3.8) is 0 Å². The van der Waals surface area contributed by atoms with Gasteiger partial charge in [0.05, 0.1) is 6.10 Å². The standard InChI is InChI=1S/C15H20ClNO/c16-13-7-5-11(6-8-13)12-9-14(10-12)17-18-15-3-1-2-4-15/h5-8,12,14-15,17H,1-4,9-10H2. The summed E-state index contributed by atoms with van der Waals surface area (Å²) < 4.78 is 0. The third-order valence-corrected chi connectivity index (χ3v) is 4.44. The van der Waals surface area contributed by atoms with E-state index in [9.17, 15) is 0 Å². The highest BCUT2D eigenvalue weighted by Gasteiger charge is 2.31. The van der Waals surface area contributed by atoms with Crippen LogP contribution in [0.3, 0.4) is 0 Å². The maximum Gasteiger partial charge on any atom is 0.0790 e. The van der Waals surface area contributed by atoms with Crippen molar-refractivity contribution >= 4 is 11.6 Å². The maximum absolute atomic E-state index is 5.90. The molecule has 0 heterocycles. The first-order chi connectivity index (χ1) is 8.81. The Bertz CT molecular complexity index is 380. The number of benzene rings is 1. The highest BCUT2D eigenvalue weighted by atomic mass is 35.5. The van der Waals surface area contributed by atoms with Crippen molar-refractivity contribution in [2.75, 3.05) is 0 Å². The molecule has 3 heteroatoms. The topological polar surface area (TPSA) is 21.3 Å². The van der Waals surface area contributed by atoms with Gasteiger partial charge in [0.25, 0.3) is 0 Å². The molecule has 0 aliphatic heterocycles. The average molecular weight is 266 g/mol. The first-order valence-electron chi connectivity index (χ1n) is 6.98. The van der Waals surface area contributed by atoms with E-state index in [0.29, 0.717) is 18.1 Å². The summed E-state index contributed by atoms with van der Waals surface area (Å²) in [6.07, 6.45) is 7.90. The van der Waals surface area contributed by atoms with Gasteiger partial charge >= 0.3 is 0 Å². The van der Waals surface area contributed by atoms with E-state index < -0.39 is 0 Å². The van der Waals surface area contributed by atoms with E-state index in [1.807, 2.05) is 12.1 Å². The second kappa shape index (κ2) is 5.60. The Labute approximate surface area is 114 Å². The third kappa shape index (κ3) is 2.87. The van der Waals surface area contributed by atoms with E-state index in [0.717, 1.165) is 5.02 Å². The summed E-state index contributed by atoms with van der Waals surface area (Å²) in [6.45, 7) is 0. The number of hydrogen-bond acceptors (Lipinski definition) is 2. The van der Waals surface area contributed by atoms with Crippen LogP contribution in [-0.2, 0) is 4.84 Å². The van der Waals surface area contributed by atoms with Crippen molar-refractivity contribution in [3.05, 3.63) is 34.9 Å². The molecule has 2 saturated carbocycles. The molecule has 2 fully saturated rings. The molecule has 3 rings (SSSR count). The number of nitrogens with one attached hydrogen (secondary N) is 1. The van der Waals surface area contributed by atoms with Crippen LogP contribution in [0.4, 0.5) is 0 Å². The monoisotopic (exact) mass is 265 g/mol. The van der Waals surface area contributed by atoms with Crippen LogP contribution in [0.25, 0.3) is 0 Å². The van der Waals surface area contributed by atoms with Crippen molar-refractivity contribution in [1.82, 2.24) is 5.48 Å². The lowest BCUT2D eigenvalue weighted by atomic mass is 9.76. The molecule has 0 amide bonds. The van der Waals surface area contributed by atoms with Gasteiger partial charge in [0, 0.05) is 11.1 Å². The summed E-state index contributed by atoms with van der Waals surface area (Å²) in [5.41, 5.74) is 4.65. The Morgan fingerprint density at radius 1 is 1.06 bits per heavy atom. The molecule has 2 aliphatic rings. The van der Waals surface area contributed by atoms with Gasteiger partial charge in [-0.2, -0.15) is 5.48 Å². The van der Waals surface area contributed by atoms with Gasteiger partial charge in [-0.1, -0.05) is 36.6 Å². The lowest BCUT2D eigenvalue weighted by Crippen LogP contribution is -2.41. The van der Waals surface area contributed by atoms with Crippen molar-refractivity contribution in [2.45, 2.75) is 56.6 Å². The number of halogens is 1. The summed E-state index contributed by atoms with van der Waals surface area (Å²) in [4.78, 5) is 5.74. The minimum absolute atomic E-state index is 0.458. The van der Waals surface area contributed by atoms with Crippen LogP contribution in [0.5, 0.6) is 0 Å². The van der Waals surface area contributed by atoms with Crippen molar-refractivity contribution in [3.8, 4) is 0 Å². The first kappa shape index (κ1) is 12.5. The summed E-state index contributed by atoms with van der Waals surface area (Å²) in [7, 11) is 0. The molecule has 18 heavy (non-hydrogen) atoms. The van der Waals surface area contributed by atoms with E-state index >= 15 is 0 Å². The summed E-state index contributed by atoms with van der Waals surface area (Å²) in [6, 6.07) is 8.77. The molecule has 0 bridgehead atoms. The second-order valence-corrected chi connectivity index (χ2v) is 6.00. The quantitative estimate of drug-likeness (QED) is 0.830. The zero-order valence-electron chi connectivity index (χ0n) is 10.6. The van der Waals surface area contributed by atoms with Gasteiger partial charge in [-0.25, -0.2) is 0 Å². The van der Waals surface area contributed by atoms with E-state index in [1.54, 1.807) is 0 Å². The highest BCUT2D eigenvalue weighted by Crippen LogP contribution is 2.37.